The zero-order valence-corrected chi connectivity index (χ0v) is 14.3. The molecule has 3 aliphatic rings. The van der Waals surface area contributed by atoms with Gasteiger partial charge in [-0.1, -0.05) is 19.3 Å². The predicted molar refractivity (Wildman–Crippen MR) is 90.3 cm³/mol. The highest BCUT2D eigenvalue weighted by molar-refractivity contribution is 5.91. The number of rotatable bonds is 7. The van der Waals surface area contributed by atoms with Gasteiger partial charge in [-0.05, 0) is 43.9 Å². The van der Waals surface area contributed by atoms with E-state index < -0.39 is 0 Å². The Morgan fingerprint density at radius 3 is 2.87 bits per heavy atom. The third-order valence-corrected chi connectivity index (χ3v) is 5.51. The van der Waals surface area contributed by atoms with Crippen LogP contribution in [0.1, 0.15) is 64.2 Å². The molecule has 1 spiro atoms. The Kier molecular flexibility index (Phi) is 6.12. The first kappa shape index (κ1) is 17.0. The molecule has 4 heteroatoms. The average Bonchev–Trinajstić information content (AvgIpc) is 3.04. The van der Waals surface area contributed by atoms with Crippen molar-refractivity contribution in [2.75, 3.05) is 26.4 Å². The summed E-state index contributed by atoms with van der Waals surface area (Å²) in [4.78, 5) is 12.1. The van der Waals surface area contributed by atoms with E-state index >= 15 is 0 Å². The zero-order valence-electron chi connectivity index (χ0n) is 14.3. The standard InChI is InChI=1S/C19H31NO3/c21-17-12-16(13-19(14-17)7-2-1-3-8-19)20-9-5-10-22-15-18-6-4-11-23-18/h12,18,20H,1-11,13-15H2/t18-/m0/s1. The molecular weight excluding hydrogens is 290 g/mol. The van der Waals surface area contributed by atoms with Gasteiger partial charge in [0.2, 0.25) is 0 Å². The normalized spacial score (nSPS) is 27.2. The second-order valence-corrected chi connectivity index (χ2v) is 7.54. The Bertz CT molecular complexity index is 420. The van der Waals surface area contributed by atoms with Gasteiger partial charge in [0, 0.05) is 38.0 Å². The average molecular weight is 321 g/mol. The molecule has 1 saturated heterocycles. The number of nitrogens with one attached hydrogen (secondary N) is 1. The van der Waals surface area contributed by atoms with E-state index in [9.17, 15) is 4.79 Å². The molecule has 1 aliphatic heterocycles. The zero-order chi connectivity index (χ0) is 16.0. The van der Waals surface area contributed by atoms with E-state index in [1.807, 2.05) is 6.08 Å². The molecule has 0 aromatic rings. The number of allylic oxidation sites excluding steroid dienone is 2. The summed E-state index contributed by atoms with van der Waals surface area (Å²) in [6, 6.07) is 0. The molecular formula is C19H31NO3. The van der Waals surface area contributed by atoms with Gasteiger partial charge in [-0.3, -0.25) is 4.79 Å². The van der Waals surface area contributed by atoms with Gasteiger partial charge in [0.05, 0.1) is 12.7 Å². The molecule has 4 nitrogen and oxygen atoms in total. The maximum Gasteiger partial charge on any atom is 0.157 e. The van der Waals surface area contributed by atoms with E-state index in [4.69, 9.17) is 9.47 Å². The lowest BCUT2D eigenvalue weighted by molar-refractivity contribution is -0.118. The third kappa shape index (κ3) is 5.05. The number of hydrogen-bond donors (Lipinski definition) is 1. The van der Waals surface area contributed by atoms with Crippen LogP contribution >= 0.6 is 0 Å². The fourth-order valence-corrected chi connectivity index (χ4v) is 4.32. The number of carbonyl (C=O) groups excluding carboxylic acids is 1. The van der Waals surface area contributed by atoms with Crippen molar-refractivity contribution in [2.45, 2.75) is 70.3 Å². The molecule has 130 valence electrons. The van der Waals surface area contributed by atoms with Gasteiger partial charge in [-0.2, -0.15) is 0 Å². The fraction of sp³-hybridized carbons (Fsp3) is 0.842. The van der Waals surface area contributed by atoms with Crippen molar-refractivity contribution in [1.29, 1.82) is 0 Å². The quantitative estimate of drug-likeness (QED) is 0.731. The van der Waals surface area contributed by atoms with Crippen LogP contribution in [0.2, 0.25) is 0 Å². The first-order chi connectivity index (χ1) is 11.3. The van der Waals surface area contributed by atoms with Crippen molar-refractivity contribution in [1.82, 2.24) is 5.32 Å². The van der Waals surface area contributed by atoms with Crippen LogP contribution in [0.15, 0.2) is 11.8 Å². The Labute approximate surface area is 140 Å². The number of hydrogen-bond acceptors (Lipinski definition) is 4. The molecule has 0 aromatic heterocycles. The molecule has 0 bridgehead atoms. The van der Waals surface area contributed by atoms with Crippen molar-refractivity contribution in [3.63, 3.8) is 0 Å². The van der Waals surface area contributed by atoms with E-state index in [2.05, 4.69) is 5.32 Å². The molecule has 2 aliphatic carbocycles. The van der Waals surface area contributed by atoms with Crippen LogP contribution in [0.25, 0.3) is 0 Å². The second kappa shape index (κ2) is 8.29. The SMILES string of the molecule is O=C1C=C(NCCCOC[C@@H]2CCCO2)CC2(CCCCC2)C1. The second-order valence-electron chi connectivity index (χ2n) is 7.54. The van der Waals surface area contributed by atoms with Crippen molar-refractivity contribution in [3.05, 3.63) is 11.8 Å². The minimum Gasteiger partial charge on any atom is -0.388 e. The van der Waals surface area contributed by atoms with Crippen LogP contribution in [-0.4, -0.2) is 38.3 Å². The Hall–Kier alpha value is -0.870. The Morgan fingerprint density at radius 1 is 1.22 bits per heavy atom. The molecule has 0 radical (unpaired) electrons. The Morgan fingerprint density at radius 2 is 2.09 bits per heavy atom. The van der Waals surface area contributed by atoms with Crippen molar-refractivity contribution < 1.29 is 14.3 Å². The van der Waals surface area contributed by atoms with E-state index in [1.165, 1.54) is 38.5 Å². The van der Waals surface area contributed by atoms with Crippen LogP contribution in [-0.2, 0) is 14.3 Å². The highest BCUT2D eigenvalue weighted by atomic mass is 16.5. The summed E-state index contributed by atoms with van der Waals surface area (Å²) in [6.07, 6.45) is 13.6. The summed E-state index contributed by atoms with van der Waals surface area (Å²) >= 11 is 0. The van der Waals surface area contributed by atoms with Crippen LogP contribution in [0.5, 0.6) is 0 Å². The lowest BCUT2D eigenvalue weighted by Crippen LogP contribution is -2.34. The van der Waals surface area contributed by atoms with Gasteiger partial charge < -0.3 is 14.8 Å². The van der Waals surface area contributed by atoms with Crippen LogP contribution in [0.3, 0.4) is 0 Å². The summed E-state index contributed by atoms with van der Waals surface area (Å²) in [5.74, 6) is 0.315. The van der Waals surface area contributed by atoms with E-state index in [0.29, 0.717) is 11.9 Å². The summed E-state index contributed by atoms with van der Waals surface area (Å²) < 4.78 is 11.2. The number of ether oxygens (including phenoxy) is 2. The maximum absolute atomic E-state index is 12.1. The van der Waals surface area contributed by atoms with Gasteiger partial charge in [-0.25, -0.2) is 0 Å². The predicted octanol–water partition coefficient (Wildman–Crippen LogP) is 3.36. The molecule has 1 atom stereocenters. The monoisotopic (exact) mass is 321 g/mol. The fourth-order valence-electron chi connectivity index (χ4n) is 4.32. The van der Waals surface area contributed by atoms with Crippen LogP contribution in [0, 0.1) is 5.41 Å². The van der Waals surface area contributed by atoms with Crippen molar-refractivity contribution >= 4 is 5.78 Å². The van der Waals surface area contributed by atoms with Crippen molar-refractivity contribution in [3.8, 4) is 0 Å². The summed E-state index contributed by atoms with van der Waals surface area (Å²) in [5.41, 5.74) is 1.42. The minimum atomic E-state index is 0.267. The van der Waals surface area contributed by atoms with Gasteiger partial charge in [0.15, 0.2) is 5.78 Å². The maximum atomic E-state index is 12.1. The molecule has 1 saturated carbocycles. The summed E-state index contributed by atoms with van der Waals surface area (Å²) in [7, 11) is 0. The molecule has 0 unspecified atom stereocenters. The lowest BCUT2D eigenvalue weighted by Gasteiger charge is -2.40. The third-order valence-electron chi connectivity index (χ3n) is 5.51. The number of carbonyl (C=O) groups is 1. The molecule has 0 amide bonds. The smallest absolute Gasteiger partial charge is 0.157 e. The summed E-state index contributed by atoms with van der Waals surface area (Å²) in [6.45, 7) is 3.27. The topological polar surface area (TPSA) is 47.6 Å². The largest absolute Gasteiger partial charge is 0.388 e. The van der Waals surface area contributed by atoms with Crippen LogP contribution < -0.4 is 5.32 Å². The van der Waals surface area contributed by atoms with Gasteiger partial charge >= 0.3 is 0 Å². The molecule has 3 rings (SSSR count). The highest BCUT2D eigenvalue weighted by Crippen LogP contribution is 2.45. The van der Waals surface area contributed by atoms with Gasteiger partial charge in [0.1, 0.15) is 0 Å². The lowest BCUT2D eigenvalue weighted by atomic mass is 9.66. The van der Waals surface area contributed by atoms with Gasteiger partial charge in [-0.15, -0.1) is 0 Å². The van der Waals surface area contributed by atoms with E-state index in [0.717, 1.165) is 57.7 Å². The minimum absolute atomic E-state index is 0.267. The highest BCUT2D eigenvalue weighted by Gasteiger charge is 2.37. The first-order valence-electron chi connectivity index (χ1n) is 9.42. The molecule has 2 fully saturated rings. The van der Waals surface area contributed by atoms with Gasteiger partial charge in [0.25, 0.3) is 0 Å². The first-order valence-corrected chi connectivity index (χ1v) is 9.42. The number of ketones is 1. The summed E-state index contributed by atoms with van der Waals surface area (Å²) in [5, 5.41) is 3.48. The van der Waals surface area contributed by atoms with Crippen molar-refractivity contribution in [2.24, 2.45) is 5.41 Å². The van der Waals surface area contributed by atoms with E-state index in [1.54, 1.807) is 0 Å². The van der Waals surface area contributed by atoms with Crippen LogP contribution in [0.4, 0.5) is 0 Å². The molecule has 1 heterocycles. The Balaban J connectivity index is 1.33. The molecule has 1 N–H and O–H groups in total. The van der Waals surface area contributed by atoms with E-state index in [-0.39, 0.29) is 5.41 Å². The molecule has 0 aromatic carbocycles. The molecule has 23 heavy (non-hydrogen) atoms.